The molecular formula is C19H23NO3. The number of carbonyl (C=O) groups is 1. The van der Waals surface area contributed by atoms with Crippen molar-refractivity contribution in [3.05, 3.63) is 45.2 Å². The number of fused-ring (bicyclic) bond motifs is 1. The van der Waals surface area contributed by atoms with Crippen LogP contribution < -0.4 is 5.43 Å². The average molecular weight is 313 g/mol. The Morgan fingerprint density at radius 1 is 1.35 bits per heavy atom. The highest BCUT2D eigenvalue weighted by Gasteiger charge is 2.29. The summed E-state index contributed by atoms with van der Waals surface area (Å²) in [6.45, 7) is 6.25. The molecule has 4 nitrogen and oxygen atoms in total. The molecule has 1 fully saturated rings. The minimum Gasteiger partial charge on any atom is -0.481 e. The molecule has 122 valence electrons. The van der Waals surface area contributed by atoms with E-state index in [0.717, 1.165) is 29.4 Å². The number of pyridine rings is 1. The Labute approximate surface area is 135 Å². The molecule has 1 heterocycles. The van der Waals surface area contributed by atoms with E-state index in [0.29, 0.717) is 23.9 Å². The van der Waals surface area contributed by atoms with Crippen molar-refractivity contribution in [2.45, 2.75) is 58.4 Å². The Morgan fingerprint density at radius 3 is 2.61 bits per heavy atom. The maximum atomic E-state index is 12.9. The van der Waals surface area contributed by atoms with Gasteiger partial charge in [-0.05, 0) is 43.7 Å². The summed E-state index contributed by atoms with van der Waals surface area (Å²) in [6.07, 6.45) is 2.55. The highest BCUT2D eigenvalue weighted by Crippen LogP contribution is 2.40. The van der Waals surface area contributed by atoms with Crippen molar-refractivity contribution < 1.29 is 9.90 Å². The Balaban J connectivity index is 2.32. The zero-order chi connectivity index (χ0) is 16.7. The van der Waals surface area contributed by atoms with Gasteiger partial charge in [0.2, 0.25) is 0 Å². The van der Waals surface area contributed by atoms with Gasteiger partial charge in [-0.15, -0.1) is 0 Å². The van der Waals surface area contributed by atoms with Crippen molar-refractivity contribution >= 4 is 16.9 Å². The van der Waals surface area contributed by atoms with E-state index in [1.807, 2.05) is 19.1 Å². The van der Waals surface area contributed by atoms with Crippen LogP contribution in [0.1, 0.15) is 61.9 Å². The molecule has 1 aliphatic rings. The number of hydrogen-bond acceptors (Lipinski definition) is 2. The van der Waals surface area contributed by atoms with Crippen LogP contribution in [0.15, 0.2) is 23.0 Å². The molecule has 1 aromatic heterocycles. The van der Waals surface area contributed by atoms with E-state index in [9.17, 15) is 9.59 Å². The number of nitrogens with zero attached hydrogens (tertiary/aromatic N) is 1. The molecular weight excluding hydrogens is 290 g/mol. The highest BCUT2D eigenvalue weighted by atomic mass is 16.4. The van der Waals surface area contributed by atoms with Gasteiger partial charge in [-0.3, -0.25) is 9.59 Å². The van der Waals surface area contributed by atoms with Crippen LogP contribution in [-0.2, 0) is 11.2 Å². The van der Waals surface area contributed by atoms with Crippen molar-refractivity contribution in [1.29, 1.82) is 0 Å². The first-order valence-corrected chi connectivity index (χ1v) is 8.30. The van der Waals surface area contributed by atoms with E-state index in [1.165, 1.54) is 5.56 Å². The summed E-state index contributed by atoms with van der Waals surface area (Å²) in [5.41, 5.74) is 3.84. The summed E-state index contributed by atoms with van der Waals surface area (Å²) in [7, 11) is 0. The van der Waals surface area contributed by atoms with Crippen molar-refractivity contribution in [1.82, 2.24) is 4.57 Å². The molecule has 0 spiro atoms. The van der Waals surface area contributed by atoms with Crippen LogP contribution in [0.5, 0.6) is 0 Å². The molecule has 1 aromatic carbocycles. The van der Waals surface area contributed by atoms with Crippen molar-refractivity contribution in [3.63, 3.8) is 0 Å². The number of aromatic nitrogens is 1. The molecule has 23 heavy (non-hydrogen) atoms. The Morgan fingerprint density at radius 2 is 2.04 bits per heavy atom. The van der Waals surface area contributed by atoms with Gasteiger partial charge in [0, 0.05) is 29.1 Å². The van der Waals surface area contributed by atoms with E-state index in [2.05, 4.69) is 24.5 Å². The predicted octanol–water partition coefficient (Wildman–Crippen LogP) is 3.79. The van der Waals surface area contributed by atoms with Crippen LogP contribution >= 0.6 is 0 Å². The minimum absolute atomic E-state index is 0.00171. The summed E-state index contributed by atoms with van der Waals surface area (Å²) in [5, 5.41) is 9.70. The molecule has 0 unspecified atom stereocenters. The maximum absolute atomic E-state index is 12.9. The standard InChI is InChI=1S/C19H23NO3/c1-11(2)14-5-4-6-16-18(14)20(13-7-8-13)12(3)15(19(16)23)9-10-17(21)22/h4-6,11,13H,7-10H2,1-3H3,(H,21,22). The summed E-state index contributed by atoms with van der Waals surface area (Å²) >= 11 is 0. The normalized spacial score (nSPS) is 14.6. The summed E-state index contributed by atoms with van der Waals surface area (Å²) in [4.78, 5) is 23.9. The Hall–Kier alpha value is -2.10. The molecule has 0 atom stereocenters. The molecule has 0 bridgehead atoms. The number of carboxylic acid groups (broad SMARTS) is 1. The van der Waals surface area contributed by atoms with Crippen LogP contribution in [0.3, 0.4) is 0 Å². The lowest BCUT2D eigenvalue weighted by Crippen LogP contribution is -2.20. The molecule has 0 radical (unpaired) electrons. The van der Waals surface area contributed by atoms with Crippen molar-refractivity contribution in [3.8, 4) is 0 Å². The van der Waals surface area contributed by atoms with Gasteiger partial charge in [0.1, 0.15) is 0 Å². The third-order valence-electron chi connectivity index (χ3n) is 4.75. The van der Waals surface area contributed by atoms with Crippen molar-refractivity contribution in [2.24, 2.45) is 0 Å². The first kappa shape index (κ1) is 15.8. The zero-order valence-corrected chi connectivity index (χ0v) is 13.9. The molecule has 1 aliphatic carbocycles. The fraction of sp³-hybridized carbons (Fsp3) is 0.474. The number of benzene rings is 1. The van der Waals surface area contributed by atoms with Gasteiger partial charge in [0.05, 0.1) is 5.52 Å². The van der Waals surface area contributed by atoms with Crippen LogP contribution in [0, 0.1) is 6.92 Å². The second-order valence-electron chi connectivity index (χ2n) is 6.79. The first-order chi connectivity index (χ1) is 10.9. The molecule has 4 heteroatoms. The summed E-state index contributed by atoms with van der Waals surface area (Å²) in [6, 6.07) is 6.36. The largest absolute Gasteiger partial charge is 0.481 e. The number of carboxylic acids is 1. The molecule has 0 amide bonds. The highest BCUT2D eigenvalue weighted by molar-refractivity contribution is 5.84. The Bertz CT molecular complexity index is 829. The van der Waals surface area contributed by atoms with Crippen LogP contribution in [0.25, 0.3) is 10.9 Å². The summed E-state index contributed by atoms with van der Waals surface area (Å²) < 4.78 is 2.29. The topological polar surface area (TPSA) is 59.3 Å². The van der Waals surface area contributed by atoms with Crippen LogP contribution in [0.4, 0.5) is 0 Å². The second kappa shape index (κ2) is 5.84. The van der Waals surface area contributed by atoms with E-state index >= 15 is 0 Å². The van der Waals surface area contributed by atoms with E-state index in [1.54, 1.807) is 0 Å². The minimum atomic E-state index is -0.863. The lowest BCUT2D eigenvalue weighted by atomic mass is 9.96. The van der Waals surface area contributed by atoms with Crippen LogP contribution in [-0.4, -0.2) is 15.6 Å². The lowest BCUT2D eigenvalue weighted by molar-refractivity contribution is -0.136. The van der Waals surface area contributed by atoms with E-state index in [4.69, 9.17) is 5.11 Å². The fourth-order valence-corrected chi connectivity index (χ4v) is 3.43. The average Bonchev–Trinajstić information content (AvgIpc) is 3.31. The van der Waals surface area contributed by atoms with Gasteiger partial charge in [-0.1, -0.05) is 26.0 Å². The third kappa shape index (κ3) is 2.78. The number of rotatable bonds is 5. The quantitative estimate of drug-likeness (QED) is 0.913. The first-order valence-electron chi connectivity index (χ1n) is 8.30. The number of hydrogen-bond donors (Lipinski definition) is 1. The predicted molar refractivity (Wildman–Crippen MR) is 91.3 cm³/mol. The number of aliphatic carboxylic acids is 1. The monoisotopic (exact) mass is 313 g/mol. The molecule has 0 saturated heterocycles. The fourth-order valence-electron chi connectivity index (χ4n) is 3.43. The van der Waals surface area contributed by atoms with E-state index < -0.39 is 5.97 Å². The second-order valence-corrected chi connectivity index (χ2v) is 6.79. The Kier molecular flexibility index (Phi) is 4.00. The zero-order valence-electron chi connectivity index (χ0n) is 13.9. The lowest BCUT2D eigenvalue weighted by Gasteiger charge is -2.21. The van der Waals surface area contributed by atoms with Crippen molar-refractivity contribution in [2.75, 3.05) is 0 Å². The van der Waals surface area contributed by atoms with Gasteiger partial charge < -0.3 is 9.67 Å². The molecule has 1 N–H and O–H groups in total. The number of para-hydroxylation sites is 1. The molecule has 0 aliphatic heterocycles. The van der Waals surface area contributed by atoms with E-state index in [-0.39, 0.29) is 11.8 Å². The van der Waals surface area contributed by atoms with Crippen LogP contribution in [0.2, 0.25) is 0 Å². The molecule has 2 aromatic rings. The smallest absolute Gasteiger partial charge is 0.303 e. The molecule has 1 saturated carbocycles. The molecule has 3 rings (SSSR count). The maximum Gasteiger partial charge on any atom is 0.303 e. The SMILES string of the molecule is Cc1c(CCC(=O)O)c(=O)c2cccc(C(C)C)c2n1C1CC1. The van der Waals surface area contributed by atoms with Gasteiger partial charge in [0.15, 0.2) is 5.43 Å². The summed E-state index contributed by atoms with van der Waals surface area (Å²) in [5.74, 6) is -0.523. The van der Waals surface area contributed by atoms with Gasteiger partial charge in [-0.25, -0.2) is 0 Å². The van der Waals surface area contributed by atoms with Gasteiger partial charge in [-0.2, -0.15) is 0 Å². The van der Waals surface area contributed by atoms with Gasteiger partial charge >= 0.3 is 5.97 Å². The third-order valence-corrected chi connectivity index (χ3v) is 4.75. The van der Waals surface area contributed by atoms with Gasteiger partial charge in [0.25, 0.3) is 0 Å².